The highest BCUT2D eigenvalue weighted by molar-refractivity contribution is 5.99. The van der Waals surface area contributed by atoms with E-state index in [0.717, 1.165) is 32.6 Å². The number of nitrogens with two attached hydrogens (primary N) is 6. The highest BCUT2D eigenvalue weighted by atomic mass is 16.4. The van der Waals surface area contributed by atoms with Crippen LogP contribution in [0.1, 0.15) is 232 Å². The number of guanidine groups is 1. The SMILES string of the molecule is CCCCCCCCCCCCCCCC(=O)C[C@@H](Cc1ccc(O)cc1)C(=O)N[C@@H](CCC(N)=O)C(=O)C[C@@H](CCCCN)C(=O)N[C@@H](CCCCN)C(=O)C[C@@H](CC(C)C)C(=O)N[C@@H](CCCN=C(N)N)C(=O)C[C@@H](CO)C(=O)N[C@@H](CO)C(=O)C[C@H](C(=O)N[C@@H](CC(=O)O)C(N)=O)[C@@H](C)O. The van der Waals surface area contributed by atoms with Crippen molar-refractivity contribution in [3.05, 3.63) is 29.8 Å². The summed E-state index contributed by atoms with van der Waals surface area (Å²) >= 11 is 0. The molecule has 0 aliphatic carbocycles. The number of phenolic OH excluding ortho intramolecular Hbond substituents is 1. The fourth-order valence-corrected chi connectivity index (χ4v) is 12.1. The predicted octanol–water partition coefficient (Wildman–Crippen LogP) is 2.67. The maximum absolute atomic E-state index is 14.7. The minimum absolute atomic E-state index is 0.00330. The van der Waals surface area contributed by atoms with Crippen molar-refractivity contribution in [1.29, 1.82) is 0 Å². The number of carboxylic acids is 1. The van der Waals surface area contributed by atoms with Crippen LogP contribution < -0.4 is 61.0 Å². The Hall–Kier alpha value is -7.80. The summed E-state index contributed by atoms with van der Waals surface area (Å²) in [4.78, 5) is 181. The third-order valence-electron chi connectivity index (χ3n) is 18.2. The predicted molar refractivity (Wildman–Crippen MR) is 388 cm³/mol. The minimum atomic E-state index is -1.78. The fourth-order valence-electron chi connectivity index (χ4n) is 12.1. The topological polar surface area (TPSA) is 552 Å². The molecule has 0 fully saturated rings. The second-order valence-corrected chi connectivity index (χ2v) is 27.7. The van der Waals surface area contributed by atoms with Gasteiger partial charge in [0.25, 0.3) is 0 Å². The number of phenols is 1. The van der Waals surface area contributed by atoms with Gasteiger partial charge in [0.05, 0.1) is 55.7 Å². The number of carboxylic acid groups (broad SMARTS) is 1. The van der Waals surface area contributed by atoms with Crippen LogP contribution in [-0.4, -0.2) is 177 Å². The summed E-state index contributed by atoms with van der Waals surface area (Å²) in [5.41, 5.74) is 34.3. The Morgan fingerprint density at radius 3 is 1.38 bits per heavy atom. The van der Waals surface area contributed by atoms with Gasteiger partial charge in [-0.15, -0.1) is 0 Å². The molecule has 22 N–H and O–H groups in total. The summed E-state index contributed by atoms with van der Waals surface area (Å²) in [7, 11) is 0. The van der Waals surface area contributed by atoms with Gasteiger partial charge in [0.1, 0.15) is 23.6 Å². The van der Waals surface area contributed by atoms with E-state index >= 15 is 0 Å². The van der Waals surface area contributed by atoms with Gasteiger partial charge in [-0.25, -0.2) is 0 Å². The van der Waals surface area contributed by atoms with E-state index in [0.29, 0.717) is 37.7 Å². The molecule has 7 amide bonds. The highest BCUT2D eigenvalue weighted by Crippen LogP contribution is 2.25. The number of unbranched alkanes of at least 4 members (excludes halogenated alkanes) is 14. The molecule has 0 unspecified atom stereocenters. The Labute approximate surface area is 607 Å². The Morgan fingerprint density at radius 2 is 0.903 bits per heavy atom. The number of benzene rings is 1. The van der Waals surface area contributed by atoms with Crippen LogP contribution in [0.3, 0.4) is 0 Å². The number of aliphatic hydroxyl groups is 3. The molecule has 0 heterocycles. The lowest BCUT2D eigenvalue weighted by Gasteiger charge is -2.27. The number of nitrogens with one attached hydrogen (secondary N) is 5. The van der Waals surface area contributed by atoms with E-state index in [-0.39, 0.29) is 107 Å². The van der Waals surface area contributed by atoms with Crippen LogP contribution in [0.25, 0.3) is 0 Å². The fraction of sp³-hybridized carbons (Fsp3) is 0.726. The molecule has 0 aliphatic rings. The van der Waals surface area contributed by atoms with E-state index in [2.05, 4.69) is 38.5 Å². The lowest BCUT2D eigenvalue weighted by Crippen LogP contribution is -2.52. The maximum Gasteiger partial charge on any atom is 0.305 e. The summed E-state index contributed by atoms with van der Waals surface area (Å²) in [6, 6.07) is -1.31. The second kappa shape index (κ2) is 53.9. The van der Waals surface area contributed by atoms with Gasteiger partial charge < -0.3 is 86.5 Å². The molecule has 0 aliphatic heterocycles. The number of aliphatic carboxylic acids is 1. The number of hydrogen-bond acceptors (Lipinski definition) is 20. The largest absolute Gasteiger partial charge is 0.508 e. The molecule has 103 heavy (non-hydrogen) atoms. The number of Topliss-reactive ketones (excluding diaryl/α,β-unsaturated/α-hetero) is 5. The first-order valence-corrected chi connectivity index (χ1v) is 37.0. The van der Waals surface area contributed by atoms with Crippen molar-refractivity contribution < 1.29 is 87.9 Å². The second-order valence-electron chi connectivity index (χ2n) is 27.7. The average molecular weight is 1460 g/mol. The molecule has 30 nitrogen and oxygen atoms in total. The zero-order valence-electron chi connectivity index (χ0n) is 61.4. The number of aliphatic imine (C=N–C) groups is 1. The molecule has 0 saturated heterocycles. The maximum atomic E-state index is 14.7. The Morgan fingerprint density at radius 1 is 0.456 bits per heavy atom. The van der Waals surface area contributed by atoms with E-state index in [1.54, 1.807) is 26.0 Å². The van der Waals surface area contributed by atoms with E-state index in [9.17, 15) is 82.8 Å². The number of rotatable bonds is 63. The van der Waals surface area contributed by atoms with Crippen molar-refractivity contribution in [2.75, 3.05) is 32.8 Å². The molecule has 30 heteroatoms. The number of carbonyl (C=O) groups is 13. The quantitative estimate of drug-likeness (QED) is 0.0253. The van der Waals surface area contributed by atoms with Crippen molar-refractivity contribution in [2.45, 2.75) is 269 Å². The molecule has 11 atom stereocenters. The van der Waals surface area contributed by atoms with Gasteiger partial charge >= 0.3 is 5.97 Å². The molecule has 1 aromatic carbocycles. The summed E-state index contributed by atoms with van der Waals surface area (Å²) in [6.07, 6.45) is 11.0. The highest BCUT2D eigenvalue weighted by Gasteiger charge is 2.38. The van der Waals surface area contributed by atoms with Gasteiger partial charge in [-0.1, -0.05) is 116 Å². The lowest BCUT2D eigenvalue weighted by molar-refractivity contribution is -0.141. The number of ketones is 5. The smallest absolute Gasteiger partial charge is 0.305 e. The summed E-state index contributed by atoms with van der Waals surface area (Å²) in [5, 5.41) is 62.9. The number of amides is 7. The molecular formula is C73H124N12O18. The van der Waals surface area contributed by atoms with Gasteiger partial charge in [0, 0.05) is 69.2 Å². The van der Waals surface area contributed by atoms with Crippen LogP contribution in [-0.2, 0) is 68.7 Å². The molecule has 1 rings (SSSR count). The van der Waals surface area contributed by atoms with Crippen molar-refractivity contribution in [2.24, 2.45) is 74.9 Å². The van der Waals surface area contributed by atoms with E-state index < -0.39 is 182 Å². The van der Waals surface area contributed by atoms with E-state index in [1.807, 2.05) is 0 Å². The monoisotopic (exact) mass is 1460 g/mol. The molecule has 584 valence electrons. The van der Waals surface area contributed by atoms with E-state index in [4.69, 9.17) is 39.5 Å². The third-order valence-corrected chi connectivity index (χ3v) is 18.2. The Balaban J connectivity index is 3.53. The van der Waals surface area contributed by atoms with Gasteiger partial charge in [-0.3, -0.25) is 67.3 Å². The number of aromatic hydroxyl groups is 1. The van der Waals surface area contributed by atoms with Crippen molar-refractivity contribution in [3.8, 4) is 5.75 Å². The number of hydrogen-bond donors (Lipinski definition) is 16. The number of aliphatic hydroxyl groups excluding tert-OH is 3. The van der Waals surface area contributed by atoms with Crippen molar-refractivity contribution in [1.82, 2.24) is 26.6 Å². The first-order valence-electron chi connectivity index (χ1n) is 37.0. The van der Waals surface area contributed by atoms with Crippen LogP contribution in [0.4, 0.5) is 0 Å². The summed E-state index contributed by atoms with van der Waals surface area (Å²) in [5.74, 6) is -18.0. The molecule has 0 bridgehead atoms. The zero-order valence-corrected chi connectivity index (χ0v) is 61.4. The summed E-state index contributed by atoms with van der Waals surface area (Å²) < 4.78 is 0. The van der Waals surface area contributed by atoms with Gasteiger partial charge in [-0.2, -0.15) is 0 Å². The molecule has 0 radical (unpaired) electrons. The van der Waals surface area contributed by atoms with Crippen LogP contribution in [0.15, 0.2) is 29.3 Å². The van der Waals surface area contributed by atoms with Crippen LogP contribution in [0.2, 0.25) is 0 Å². The van der Waals surface area contributed by atoms with Gasteiger partial charge in [-0.05, 0) is 114 Å². The number of primary amides is 2. The first-order chi connectivity index (χ1) is 48.9. The van der Waals surface area contributed by atoms with Gasteiger partial charge in [0.15, 0.2) is 29.1 Å². The molecule has 1 aromatic rings. The lowest BCUT2D eigenvalue weighted by atomic mass is 9.87. The van der Waals surface area contributed by atoms with Gasteiger partial charge in [0.2, 0.25) is 41.4 Å². The molecule has 0 spiro atoms. The zero-order chi connectivity index (χ0) is 77.4. The Kier molecular flexibility index (Phi) is 48.8. The van der Waals surface area contributed by atoms with Crippen LogP contribution >= 0.6 is 0 Å². The molecular weight excluding hydrogens is 1330 g/mol. The van der Waals surface area contributed by atoms with E-state index in [1.165, 1.54) is 63.5 Å². The number of carbonyl (C=O) groups excluding carboxylic acids is 12. The standard InChI is InChI=1S/C73H124N12O18/c1-5-6-7-8-9-10-11-12-13-14-15-16-17-24-54(90)38-51(37-48-27-29-53(89)30-28-48)70(101)83-58(31-32-65(76)95)61(91)39-49(23-18-20-33-74)68(99)81-56(25-19-21-34-75)62(92)40-50(36-46(2)3)69(100)82-57(26-22-35-80-73(78)79)63(93)41-52(44-86)71(102)85-60(45-87)64(94)42-55(47(4)88)72(103)84-59(67(77)98)43-66(96)97/h27-30,46-47,49-52,55-60,86-89H,5-26,31-45,74-75H2,1-4H3,(H2,76,95)(H2,77,98)(H,81,99)(H,82,100)(H,83,101)(H,84,103)(H,85,102)(H,96,97)(H4,78,79,80)/t47-,49-,50-,51-,52+,55+,56+,57+,58+,59+,60+/m1/s1. The normalized spacial score (nSPS) is 14.5. The molecule has 0 saturated carbocycles. The van der Waals surface area contributed by atoms with Crippen LogP contribution in [0, 0.1) is 35.5 Å². The average Bonchev–Trinajstić information content (AvgIpc) is 0.864. The van der Waals surface area contributed by atoms with Crippen molar-refractivity contribution >= 4 is 82.2 Å². The molecule has 0 aromatic heterocycles. The number of nitrogens with zero attached hydrogens (tertiary/aromatic N) is 1. The third kappa shape index (κ3) is 41.3. The first kappa shape index (κ1) is 93.2. The Bertz CT molecular complexity index is 2820. The summed E-state index contributed by atoms with van der Waals surface area (Å²) in [6.45, 7) is 5.28. The van der Waals surface area contributed by atoms with Crippen molar-refractivity contribution in [3.63, 3.8) is 0 Å². The minimum Gasteiger partial charge on any atom is -0.508 e. The van der Waals surface area contributed by atoms with Crippen LogP contribution in [0.5, 0.6) is 5.75 Å².